The third-order valence-electron chi connectivity index (χ3n) is 2.00. The lowest BCUT2D eigenvalue weighted by atomic mass is 10.1. The zero-order chi connectivity index (χ0) is 12.3. The van der Waals surface area contributed by atoms with Crippen molar-refractivity contribution in [3.8, 4) is 5.75 Å². The van der Waals surface area contributed by atoms with Gasteiger partial charge in [-0.2, -0.15) is 0 Å². The Morgan fingerprint density at radius 3 is 2.56 bits per heavy atom. The fourth-order valence-corrected chi connectivity index (χ4v) is 1.90. The van der Waals surface area contributed by atoms with Crippen LogP contribution in [0.4, 0.5) is 0 Å². The number of halogens is 2. The van der Waals surface area contributed by atoms with Crippen molar-refractivity contribution in [2.24, 2.45) is 5.92 Å². The predicted molar refractivity (Wildman–Crippen MR) is 66.0 cm³/mol. The molecule has 0 unspecified atom stereocenters. The Bertz CT molecular complexity index is 393. The highest BCUT2D eigenvalue weighted by atomic mass is 79.9. The number of aliphatic carboxylic acids is 1. The summed E-state index contributed by atoms with van der Waals surface area (Å²) in [7, 11) is 0. The van der Waals surface area contributed by atoms with E-state index < -0.39 is 12.1 Å². The lowest BCUT2D eigenvalue weighted by Gasteiger charge is -2.19. The first-order chi connectivity index (χ1) is 7.41. The van der Waals surface area contributed by atoms with Gasteiger partial charge in [0.1, 0.15) is 5.75 Å². The van der Waals surface area contributed by atoms with Crippen molar-refractivity contribution in [1.82, 2.24) is 0 Å². The summed E-state index contributed by atoms with van der Waals surface area (Å²) in [6, 6.07) is 5.06. The third kappa shape index (κ3) is 3.39. The molecule has 0 aromatic heterocycles. The maximum atomic E-state index is 10.9. The zero-order valence-electron chi connectivity index (χ0n) is 8.91. The molecule has 0 saturated carbocycles. The molecule has 0 aliphatic carbocycles. The number of carboxylic acids is 1. The minimum Gasteiger partial charge on any atom is -0.478 e. The van der Waals surface area contributed by atoms with Crippen molar-refractivity contribution in [2.75, 3.05) is 0 Å². The van der Waals surface area contributed by atoms with Crippen LogP contribution in [0.5, 0.6) is 5.75 Å². The van der Waals surface area contributed by atoms with Crippen LogP contribution >= 0.6 is 27.5 Å². The predicted octanol–water partition coefficient (Wildman–Crippen LogP) is 3.59. The van der Waals surface area contributed by atoms with E-state index in [4.69, 9.17) is 21.4 Å². The first kappa shape index (κ1) is 13.3. The summed E-state index contributed by atoms with van der Waals surface area (Å²) < 4.78 is 6.19. The van der Waals surface area contributed by atoms with Crippen LogP contribution in [0.2, 0.25) is 5.02 Å². The van der Waals surface area contributed by atoms with Crippen molar-refractivity contribution in [2.45, 2.75) is 20.0 Å². The van der Waals surface area contributed by atoms with E-state index in [9.17, 15) is 4.79 Å². The molecule has 0 fully saturated rings. The topological polar surface area (TPSA) is 46.5 Å². The van der Waals surface area contributed by atoms with Crippen LogP contribution in [-0.4, -0.2) is 17.2 Å². The van der Waals surface area contributed by atoms with Crippen molar-refractivity contribution >= 4 is 33.5 Å². The van der Waals surface area contributed by atoms with Crippen LogP contribution in [0.1, 0.15) is 13.8 Å². The van der Waals surface area contributed by atoms with Gasteiger partial charge in [0, 0.05) is 10.4 Å². The van der Waals surface area contributed by atoms with Crippen LogP contribution in [-0.2, 0) is 4.79 Å². The molecule has 0 aliphatic heterocycles. The molecule has 0 radical (unpaired) electrons. The average Bonchev–Trinajstić information content (AvgIpc) is 2.15. The Hall–Kier alpha value is -0.740. The summed E-state index contributed by atoms with van der Waals surface area (Å²) in [5, 5.41) is 9.36. The van der Waals surface area contributed by atoms with Crippen LogP contribution in [0.3, 0.4) is 0 Å². The van der Waals surface area contributed by atoms with Gasteiger partial charge >= 0.3 is 5.97 Å². The van der Waals surface area contributed by atoms with E-state index in [1.165, 1.54) is 0 Å². The molecule has 1 rings (SSSR count). The monoisotopic (exact) mass is 306 g/mol. The number of carbonyl (C=O) groups is 1. The van der Waals surface area contributed by atoms with Gasteiger partial charge in [0.2, 0.25) is 0 Å². The lowest BCUT2D eigenvalue weighted by Crippen LogP contribution is -2.32. The molecule has 0 aliphatic rings. The molecule has 3 nitrogen and oxygen atoms in total. The molecule has 0 amide bonds. The van der Waals surface area contributed by atoms with Gasteiger partial charge < -0.3 is 9.84 Å². The Morgan fingerprint density at radius 2 is 2.12 bits per heavy atom. The SMILES string of the molecule is CC(C)[C@H](Oc1ccc(Br)cc1Cl)C(=O)O. The second-order valence-corrected chi connectivity index (χ2v) is 5.02. The van der Waals surface area contributed by atoms with E-state index in [2.05, 4.69) is 15.9 Å². The Balaban J connectivity index is 2.90. The molecule has 1 N–H and O–H groups in total. The molecular formula is C11H12BrClO3. The van der Waals surface area contributed by atoms with Gasteiger partial charge in [0.25, 0.3) is 0 Å². The van der Waals surface area contributed by atoms with Gasteiger partial charge in [-0.3, -0.25) is 0 Å². The van der Waals surface area contributed by atoms with Gasteiger partial charge in [-0.25, -0.2) is 4.79 Å². The van der Waals surface area contributed by atoms with Crippen LogP contribution in [0.15, 0.2) is 22.7 Å². The molecule has 0 saturated heterocycles. The van der Waals surface area contributed by atoms with Crippen LogP contribution < -0.4 is 4.74 Å². The standard InChI is InChI=1S/C11H12BrClO3/c1-6(2)10(11(14)15)16-9-4-3-7(12)5-8(9)13/h3-6,10H,1-2H3,(H,14,15)/t10-/m0/s1. The van der Waals surface area contributed by atoms with Crippen molar-refractivity contribution in [1.29, 1.82) is 0 Å². The quantitative estimate of drug-likeness (QED) is 0.924. The number of rotatable bonds is 4. The first-order valence-corrected chi connectivity index (χ1v) is 5.93. The zero-order valence-corrected chi connectivity index (χ0v) is 11.2. The summed E-state index contributed by atoms with van der Waals surface area (Å²) in [6.07, 6.45) is -0.890. The van der Waals surface area contributed by atoms with Gasteiger partial charge in [0.15, 0.2) is 6.10 Å². The molecule has 5 heteroatoms. The van der Waals surface area contributed by atoms with Crippen LogP contribution in [0.25, 0.3) is 0 Å². The molecule has 0 heterocycles. The number of hydrogen-bond acceptors (Lipinski definition) is 2. The number of hydrogen-bond donors (Lipinski definition) is 1. The number of carboxylic acid groups (broad SMARTS) is 1. The minimum atomic E-state index is -0.992. The maximum Gasteiger partial charge on any atom is 0.345 e. The molecule has 16 heavy (non-hydrogen) atoms. The maximum absolute atomic E-state index is 10.9. The molecule has 1 atom stereocenters. The lowest BCUT2D eigenvalue weighted by molar-refractivity contribution is -0.147. The fourth-order valence-electron chi connectivity index (χ4n) is 1.18. The summed E-state index contributed by atoms with van der Waals surface area (Å²) >= 11 is 9.20. The second kappa shape index (κ2) is 5.55. The highest BCUT2D eigenvalue weighted by Gasteiger charge is 2.24. The molecule has 1 aromatic rings. The van der Waals surface area contributed by atoms with Gasteiger partial charge in [0.05, 0.1) is 5.02 Å². The Labute approximate surface area is 107 Å². The fraction of sp³-hybridized carbons (Fsp3) is 0.364. The van der Waals surface area contributed by atoms with E-state index in [0.29, 0.717) is 10.8 Å². The van der Waals surface area contributed by atoms with E-state index in [1.807, 2.05) is 0 Å². The summed E-state index contributed by atoms with van der Waals surface area (Å²) in [6.45, 7) is 3.57. The molecule has 1 aromatic carbocycles. The summed E-state index contributed by atoms with van der Waals surface area (Å²) in [5.74, 6) is -0.739. The smallest absolute Gasteiger partial charge is 0.345 e. The van der Waals surface area contributed by atoms with E-state index in [1.54, 1.807) is 32.0 Å². The van der Waals surface area contributed by atoms with Crippen molar-refractivity contribution in [3.05, 3.63) is 27.7 Å². The highest BCUT2D eigenvalue weighted by molar-refractivity contribution is 9.10. The van der Waals surface area contributed by atoms with E-state index >= 15 is 0 Å². The summed E-state index contributed by atoms with van der Waals surface area (Å²) in [4.78, 5) is 10.9. The van der Waals surface area contributed by atoms with E-state index in [-0.39, 0.29) is 5.92 Å². The van der Waals surface area contributed by atoms with E-state index in [0.717, 1.165) is 4.47 Å². The van der Waals surface area contributed by atoms with Crippen LogP contribution in [0, 0.1) is 5.92 Å². The Morgan fingerprint density at radius 1 is 1.50 bits per heavy atom. The van der Waals surface area contributed by atoms with Gasteiger partial charge in [-0.05, 0) is 18.2 Å². The number of ether oxygens (including phenoxy) is 1. The Kier molecular flexibility index (Phi) is 4.62. The highest BCUT2D eigenvalue weighted by Crippen LogP contribution is 2.29. The van der Waals surface area contributed by atoms with Gasteiger partial charge in [-0.1, -0.05) is 41.4 Å². The summed E-state index contributed by atoms with van der Waals surface area (Å²) in [5.41, 5.74) is 0. The number of benzene rings is 1. The molecule has 0 bridgehead atoms. The molecule has 0 spiro atoms. The van der Waals surface area contributed by atoms with Crippen molar-refractivity contribution < 1.29 is 14.6 Å². The average molecular weight is 308 g/mol. The van der Waals surface area contributed by atoms with Gasteiger partial charge in [-0.15, -0.1) is 0 Å². The second-order valence-electron chi connectivity index (χ2n) is 3.70. The minimum absolute atomic E-state index is 0.128. The largest absolute Gasteiger partial charge is 0.478 e. The normalized spacial score (nSPS) is 12.6. The third-order valence-corrected chi connectivity index (χ3v) is 2.79. The molecular weight excluding hydrogens is 295 g/mol. The molecule has 88 valence electrons. The van der Waals surface area contributed by atoms with Crippen molar-refractivity contribution in [3.63, 3.8) is 0 Å². The first-order valence-electron chi connectivity index (χ1n) is 4.76.